The van der Waals surface area contributed by atoms with Crippen molar-refractivity contribution < 1.29 is 9.53 Å². The number of ether oxygens (including phenoxy) is 1. The number of fused-ring (bicyclic) bond motifs is 1. The van der Waals surface area contributed by atoms with E-state index in [1.807, 2.05) is 24.3 Å². The van der Waals surface area contributed by atoms with E-state index in [2.05, 4.69) is 45.6 Å². The molecule has 2 heterocycles. The molecule has 31 heavy (non-hydrogen) atoms. The third kappa shape index (κ3) is 5.83. The van der Waals surface area contributed by atoms with Gasteiger partial charge in [-0.3, -0.25) is 4.90 Å². The number of carbonyl (C=O) groups excluding carboxylic acids is 1. The average Bonchev–Trinajstić information content (AvgIpc) is 2.79. The monoisotopic (exact) mass is 442 g/mol. The van der Waals surface area contributed by atoms with E-state index in [-0.39, 0.29) is 12.1 Å². The number of aryl methyl sites for hydroxylation is 1. The quantitative estimate of drug-likeness (QED) is 0.672. The third-order valence-corrected chi connectivity index (χ3v) is 6.27. The van der Waals surface area contributed by atoms with Gasteiger partial charge in [0, 0.05) is 43.4 Å². The second kappa shape index (κ2) is 10.2. The minimum absolute atomic E-state index is 0.0120. The molecule has 0 bridgehead atoms. The molecule has 1 unspecified atom stereocenters. The first kappa shape index (κ1) is 21.8. The molecule has 0 spiro atoms. The zero-order chi connectivity index (χ0) is 21.6. The Balaban J connectivity index is 1.12. The van der Waals surface area contributed by atoms with Crippen molar-refractivity contribution in [3.8, 4) is 5.75 Å². The highest BCUT2D eigenvalue weighted by Gasteiger charge is 2.21. The van der Waals surface area contributed by atoms with Crippen LogP contribution in [0.3, 0.4) is 0 Å². The van der Waals surface area contributed by atoms with Crippen LogP contribution in [-0.4, -0.2) is 62.8 Å². The Morgan fingerprint density at radius 3 is 2.81 bits per heavy atom. The Labute approximate surface area is 189 Å². The van der Waals surface area contributed by atoms with Crippen molar-refractivity contribution in [3.05, 3.63) is 58.6 Å². The SMILES string of the molecule is Cc1ccc(Cl)cc1N1CCN(CCCNC(=O)NC2COc3ccccc3C2)CC1. The van der Waals surface area contributed by atoms with E-state index < -0.39 is 0 Å². The highest BCUT2D eigenvalue weighted by atomic mass is 35.5. The van der Waals surface area contributed by atoms with Gasteiger partial charge in [-0.2, -0.15) is 0 Å². The first-order valence-corrected chi connectivity index (χ1v) is 11.4. The molecule has 2 N–H and O–H groups in total. The molecular formula is C24H31ClN4O2. The standard InChI is InChI=1S/C24H31ClN4O2/c1-18-7-8-20(25)16-22(18)29-13-11-28(12-14-29)10-4-9-26-24(30)27-21-15-19-5-2-3-6-23(19)31-17-21/h2-3,5-8,16,21H,4,9-15,17H2,1H3,(H2,26,27,30). The number of hydrogen-bond acceptors (Lipinski definition) is 4. The lowest BCUT2D eigenvalue weighted by Gasteiger charge is -2.37. The lowest BCUT2D eigenvalue weighted by molar-refractivity contribution is 0.213. The molecule has 0 saturated carbocycles. The summed E-state index contributed by atoms with van der Waals surface area (Å²) < 4.78 is 5.74. The van der Waals surface area contributed by atoms with E-state index in [9.17, 15) is 4.79 Å². The minimum Gasteiger partial charge on any atom is -0.491 e. The minimum atomic E-state index is -0.116. The average molecular weight is 443 g/mol. The zero-order valence-corrected chi connectivity index (χ0v) is 18.8. The van der Waals surface area contributed by atoms with Gasteiger partial charge in [0.15, 0.2) is 0 Å². The molecule has 166 valence electrons. The molecule has 0 radical (unpaired) electrons. The van der Waals surface area contributed by atoms with Gasteiger partial charge in [-0.05, 0) is 55.6 Å². The first-order chi connectivity index (χ1) is 15.1. The predicted octanol–water partition coefficient (Wildman–Crippen LogP) is 3.46. The number of piperazine rings is 1. The summed E-state index contributed by atoms with van der Waals surface area (Å²) in [5, 5.41) is 6.80. The van der Waals surface area contributed by atoms with Crippen molar-refractivity contribution in [3.63, 3.8) is 0 Å². The van der Waals surface area contributed by atoms with Crippen molar-refractivity contribution >= 4 is 23.3 Å². The smallest absolute Gasteiger partial charge is 0.315 e. The summed E-state index contributed by atoms with van der Waals surface area (Å²) in [6.45, 7) is 8.35. The van der Waals surface area contributed by atoms with Crippen LogP contribution in [0.5, 0.6) is 5.75 Å². The van der Waals surface area contributed by atoms with Crippen LogP contribution < -0.4 is 20.3 Å². The molecule has 2 aromatic carbocycles. The summed E-state index contributed by atoms with van der Waals surface area (Å²) in [4.78, 5) is 17.1. The van der Waals surface area contributed by atoms with Crippen LogP contribution in [0, 0.1) is 6.92 Å². The topological polar surface area (TPSA) is 56.8 Å². The number of rotatable bonds is 6. The predicted molar refractivity (Wildman–Crippen MR) is 125 cm³/mol. The van der Waals surface area contributed by atoms with Gasteiger partial charge in [0.2, 0.25) is 0 Å². The maximum Gasteiger partial charge on any atom is 0.315 e. The van der Waals surface area contributed by atoms with Gasteiger partial charge in [0.25, 0.3) is 0 Å². The van der Waals surface area contributed by atoms with E-state index in [0.29, 0.717) is 13.2 Å². The third-order valence-electron chi connectivity index (χ3n) is 6.03. The van der Waals surface area contributed by atoms with Gasteiger partial charge in [0.05, 0.1) is 6.04 Å². The van der Waals surface area contributed by atoms with Gasteiger partial charge in [-0.25, -0.2) is 4.79 Å². The summed E-state index contributed by atoms with van der Waals surface area (Å²) in [7, 11) is 0. The van der Waals surface area contributed by atoms with Crippen LogP contribution in [0.25, 0.3) is 0 Å². The second-order valence-electron chi connectivity index (χ2n) is 8.33. The van der Waals surface area contributed by atoms with Gasteiger partial charge >= 0.3 is 6.03 Å². The maximum absolute atomic E-state index is 12.2. The van der Waals surface area contributed by atoms with Crippen molar-refractivity contribution in [2.45, 2.75) is 25.8 Å². The fourth-order valence-corrected chi connectivity index (χ4v) is 4.46. The largest absolute Gasteiger partial charge is 0.491 e. The Morgan fingerprint density at radius 2 is 1.97 bits per heavy atom. The molecule has 1 fully saturated rings. The Kier molecular flexibility index (Phi) is 7.20. The van der Waals surface area contributed by atoms with Crippen molar-refractivity contribution in [2.24, 2.45) is 0 Å². The molecule has 0 aliphatic carbocycles. The van der Waals surface area contributed by atoms with Gasteiger partial charge < -0.3 is 20.3 Å². The van der Waals surface area contributed by atoms with Crippen LogP contribution in [0.4, 0.5) is 10.5 Å². The van der Waals surface area contributed by atoms with E-state index in [0.717, 1.165) is 61.9 Å². The molecule has 6 nitrogen and oxygen atoms in total. The van der Waals surface area contributed by atoms with Gasteiger partial charge in [0.1, 0.15) is 12.4 Å². The number of urea groups is 1. The number of halogens is 1. The molecule has 1 atom stereocenters. The van der Waals surface area contributed by atoms with Crippen molar-refractivity contribution in [1.82, 2.24) is 15.5 Å². The molecular weight excluding hydrogens is 412 g/mol. The lowest BCUT2D eigenvalue weighted by Crippen LogP contribution is -2.48. The van der Waals surface area contributed by atoms with Gasteiger partial charge in [-0.15, -0.1) is 0 Å². The zero-order valence-electron chi connectivity index (χ0n) is 18.1. The molecule has 4 rings (SSSR count). The van der Waals surface area contributed by atoms with Crippen LogP contribution >= 0.6 is 11.6 Å². The van der Waals surface area contributed by atoms with Crippen LogP contribution in [0.15, 0.2) is 42.5 Å². The lowest BCUT2D eigenvalue weighted by atomic mass is 10.0. The summed E-state index contributed by atoms with van der Waals surface area (Å²) in [6.07, 6.45) is 1.74. The van der Waals surface area contributed by atoms with Crippen LogP contribution in [0.1, 0.15) is 17.5 Å². The maximum atomic E-state index is 12.2. The van der Waals surface area contributed by atoms with Crippen LogP contribution in [-0.2, 0) is 6.42 Å². The van der Waals surface area contributed by atoms with Crippen molar-refractivity contribution in [1.29, 1.82) is 0 Å². The highest BCUT2D eigenvalue weighted by molar-refractivity contribution is 6.30. The van der Waals surface area contributed by atoms with E-state index in [1.54, 1.807) is 0 Å². The summed E-state index contributed by atoms with van der Waals surface area (Å²) in [5.41, 5.74) is 3.64. The molecule has 7 heteroatoms. The number of nitrogens with one attached hydrogen (secondary N) is 2. The fraction of sp³-hybridized carbons (Fsp3) is 0.458. The number of amides is 2. The van der Waals surface area contributed by atoms with Gasteiger partial charge in [-0.1, -0.05) is 35.9 Å². The molecule has 2 aliphatic rings. The normalized spacial score (nSPS) is 18.8. The summed E-state index contributed by atoms with van der Waals surface area (Å²) in [6, 6.07) is 14.0. The number of benzene rings is 2. The first-order valence-electron chi connectivity index (χ1n) is 11.1. The molecule has 2 aromatic rings. The molecule has 1 saturated heterocycles. The van der Waals surface area contributed by atoms with E-state index >= 15 is 0 Å². The Hall–Kier alpha value is -2.44. The highest BCUT2D eigenvalue weighted by Crippen LogP contribution is 2.25. The summed E-state index contributed by atoms with van der Waals surface area (Å²) in [5.74, 6) is 0.923. The summed E-state index contributed by atoms with van der Waals surface area (Å²) >= 11 is 6.17. The molecule has 2 aliphatic heterocycles. The number of nitrogens with zero attached hydrogens (tertiary/aromatic N) is 2. The number of carbonyl (C=O) groups is 1. The molecule has 2 amide bonds. The van der Waals surface area contributed by atoms with Crippen LogP contribution in [0.2, 0.25) is 5.02 Å². The Bertz CT molecular complexity index is 899. The number of para-hydroxylation sites is 1. The van der Waals surface area contributed by atoms with E-state index in [4.69, 9.17) is 16.3 Å². The second-order valence-corrected chi connectivity index (χ2v) is 8.77. The Morgan fingerprint density at radius 1 is 1.16 bits per heavy atom. The number of anilines is 1. The molecule has 0 aromatic heterocycles. The van der Waals surface area contributed by atoms with E-state index in [1.165, 1.54) is 11.3 Å². The fourth-order valence-electron chi connectivity index (χ4n) is 4.30. The van der Waals surface area contributed by atoms with Crippen molar-refractivity contribution in [2.75, 3.05) is 50.8 Å². The number of hydrogen-bond donors (Lipinski definition) is 2.